The van der Waals surface area contributed by atoms with E-state index < -0.39 is 0 Å². The smallest absolute Gasteiger partial charge is 0.264 e. The fourth-order valence-electron chi connectivity index (χ4n) is 2.48. The Hall–Kier alpha value is -3.29. The highest BCUT2D eigenvalue weighted by Gasteiger charge is 2.14. The predicted molar refractivity (Wildman–Crippen MR) is 95.3 cm³/mol. The molecule has 0 atom stereocenters. The Morgan fingerprint density at radius 1 is 1.19 bits per heavy atom. The molecule has 0 spiro atoms. The van der Waals surface area contributed by atoms with Crippen LogP contribution >= 0.6 is 0 Å². The molecule has 2 heterocycles. The zero-order valence-electron chi connectivity index (χ0n) is 14.9. The molecule has 8 heteroatoms. The Morgan fingerprint density at radius 2 is 1.92 bits per heavy atom. The highest BCUT2D eigenvalue weighted by molar-refractivity contribution is 5.91. The van der Waals surface area contributed by atoms with Crippen LogP contribution in [0.1, 0.15) is 12.8 Å². The van der Waals surface area contributed by atoms with Gasteiger partial charge < -0.3 is 23.8 Å². The van der Waals surface area contributed by atoms with E-state index in [9.17, 15) is 4.79 Å². The first-order chi connectivity index (χ1) is 12.6. The summed E-state index contributed by atoms with van der Waals surface area (Å²) >= 11 is 0. The van der Waals surface area contributed by atoms with Gasteiger partial charge in [0.25, 0.3) is 5.89 Å². The number of carbonyl (C=O) groups is 1. The summed E-state index contributed by atoms with van der Waals surface area (Å²) in [4.78, 5) is 12.4. The molecule has 2 aromatic heterocycles. The lowest BCUT2D eigenvalue weighted by atomic mass is 10.2. The van der Waals surface area contributed by atoms with Gasteiger partial charge in [-0.05, 0) is 12.1 Å². The van der Waals surface area contributed by atoms with Crippen LogP contribution in [-0.4, -0.2) is 34.9 Å². The van der Waals surface area contributed by atoms with E-state index in [-0.39, 0.29) is 12.5 Å². The molecule has 136 valence electrons. The maximum absolute atomic E-state index is 12.4. The van der Waals surface area contributed by atoms with E-state index in [1.54, 1.807) is 43.2 Å². The quantitative estimate of drug-likeness (QED) is 0.700. The molecule has 0 unspecified atom stereocenters. The van der Waals surface area contributed by atoms with Crippen LogP contribution in [0.2, 0.25) is 0 Å². The van der Waals surface area contributed by atoms with Gasteiger partial charge in [0.1, 0.15) is 23.7 Å². The maximum atomic E-state index is 12.4. The van der Waals surface area contributed by atoms with E-state index >= 15 is 0 Å². The third-order valence-electron chi connectivity index (χ3n) is 3.77. The number of methoxy groups -OCH3 is 2. The van der Waals surface area contributed by atoms with Crippen LogP contribution in [-0.2, 0) is 17.8 Å². The number of aryl methyl sites for hydroxylation is 1. The molecule has 0 saturated heterocycles. The van der Waals surface area contributed by atoms with Crippen molar-refractivity contribution in [2.24, 2.45) is 0 Å². The number of hydrogen-bond acceptors (Lipinski definition) is 6. The number of rotatable bonds is 7. The summed E-state index contributed by atoms with van der Waals surface area (Å²) < 4.78 is 17.7. The fourth-order valence-corrected chi connectivity index (χ4v) is 2.48. The van der Waals surface area contributed by atoms with Crippen LogP contribution in [0, 0.1) is 0 Å². The van der Waals surface area contributed by atoms with Gasteiger partial charge in [0.05, 0.1) is 14.2 Å². The third kappa shape index (κ3) is 3.85. The number of ether oxygens (including phenoxy) is 2. The van der Waals surface area contributed by atoms with Gasteiger partial charge in [-0.15, -0.1) is 10.2 Å². The lowest BCUT2D eigenvalue weighted by molar-refractivity contribution is -0.116. The standard InChI is InChI=1S/C18H20N4O4/c1-4-17-20-21-18(26-17)15-6-5-7-22(15)11-16(23)19-12-8-13(24-2)10-14(9-12)25-3/h5-10H,4,11H2,1-3H3,(H,19,23). The predicted octanol–water partition coefficient (Wildman–Crippen LogP) is 2.76. The van der Waals surface area contributed by atoms with Gasteiger partial charge in [-0.1, -0.05) is 6.92 Å². The lowest BCUT2D eigenvalue weighted by Gasteiger charge is -2.11. The zero-order valence-corrected chi connectivity index (χ0v) is 14.9. The Labute approximate surface area is 150 Å². The highest BCUT2D eigenvalue weighted by atomic mass is 16.5. The second kappa shape index (κ2) is 7.73. The van der Waals surface area contributed by atoms with E-state index in [1.165, 1.54) is 0 Å². The molecule has 8 nitrogen and oxygen atoms in total. The number of benzene rings is 1. The topological polar surface area (TPSA) is 91.4 Å². The molecule has 1 aromatic carbocycles. The van der Waals surface area contributed by atoms with Crippen molar-refractivity contribution in [2.75, 3.05) is 19.5 Å². The van der Waals surface area contributed by atoms with E-state index in [0.29, 0.717) is 41.1 Å². The molecule has 0 saturated carbocycles. The van der Waals surface area contributed by atoms with Crippen molar-refractivity contribution in [3.05, 3.63) is 42.4 Å². The van der Waals surface area contributed by atoms with E-state index in [4.69, 9.17) is 13.9 Å². The lowest BCUT2D eigenvalue weighted by Crippen LogP contribution is -2.18. The molecule has 0 bridgehead atoms. The van der Waals surface area contributed by atoms with Crippen LogP contribution in [0.4, 0.5) is 5.69 Å². The molecule has 0 aliphatic heterocycles. The van der Waals surface area contributed by atoms with E-state index in [2.05, 4.69) is 15.5 Å². The highest BCUT2D eigenvalue weighted by Crippen LogP contribution is 2.26. The molecule has 0 fully saturated rings. The zero-order chi connectivity index (χ0) is 18.5. The second-order valence-electron chi connectivity index (χ2n) is 5.53. The van der Waals surface area contributed by atoms with Crippen molar-refractivity contribution in [1.82, 2.24) is 14.8 Å². The fraction of sp³-hybridized carbons (Fsp3) is 0.278. The van der Waals surface area contributed by atoms with E-state index in [0.717, 1.165) is 0 Å². The van der Waals surface area contributed by atoms with Crippen LogP contribution in [0.15, 0.2) is 40.9 Å². The van der Waals surface area contributed by atoms with Gasteiger partial charge in [0, 0.05) is 36.5 Å². The summed E-state index contributed by atoms with van der Waals surface area (Å²) in [5, 5.41) is 10.8. The minimum Gasteiger partial charge on any atom is -0.497 e. The Bertz CT molecular complexity index is 878. The average Bonchev–Trinajstić information content (AvgIpc) is 3.29. The minimum atomic E-state index is -0.201. The van der Waals surface area contributed by atoms with Gasteiger partial charge in [-0.2, -0.15) is 0 Å². The van der Waals surface area contributed by atoms with Gasteiger partial charge in [0.2, 0.25) is 11.8 Å². The molecule has 1 amide bonds. The van der Waals surface area contributed by atoms with Crippen molar-refractivity contribution >= 4 is 11.6 Å². The summed E-state index contributed by atoms with van der Waals surface area (Å²) in [5.41, 5.74) is 1.28. The Kier molecular flexibility index (Phi) is 5.21. The first-order valence-electron chi connectivity index (χ1n) is 8.13. The number of hydrogen-bond donors (Lipinski definition) is 1. The molecule has 0 aliphatic rings. The Morgan fingerprint density at radius 3 is 2.54 bits per heavy atom. The summed E-state index contributed by atoms with van der Waals surface area (Å²) in [7, 11) is 3.11. The van der Waals surface area contributed by atoms with E-state index in [1.807, 2.05) is 19.1 Å². The molecule has 3 aromatic rings. The van der Waals surface area contributed by atoms with Crippen molar-refractivity contribution in [1.29, 1.82) is 0 Å². The number of carbonyl (C=O) groups excluding carboxylic acids is 1. The molecule has 26 heavy (non-hydrogen) atoms. The monoisotopic (exact) mass is 356 g/mol. The second-order valence-corrected chi connectivity index (χ2v) is 5.53. The van der Waals surface area contributed by atoms with Crippen molar-refractivity contribution in [3.63, 3.8) is 0 Å². The van der Waals surface area contributed by atoms with Gasteiger partial charge in [-0.3, -0.25) is 4.79 Å². The summed E-state index contributed by atoms with van der Waals surface area (Å²) in [6.07, 6.45) is 2.45. The van der Waals surface area contributed by atoms with Crippen LogP contribution in [0.25, 0.3) is 11.6 Å². The number of nitrogens with zero attached hydrogens (tertiary/aromatic N) is 3. The van der Waals surface area contributed by atoms with Crippen LogP contribution < -0.4 is 14.8 Å². The maximum Gasteiger partial charge on any atom is 0.264 e. The summed E-state index contributed by atoms with van der Waals surface area (Å²) in [6, 6.07) is 8.84. The van der Waals surface area contributed by atoms with Crippen LogP contribution in [0.3, 0.4) is 0 Å². The SMILES string of the molecule is CCc1nnc(-c2cccn2CC(=O)Nc2cc(OC)cc(OC)c2)o1. The Balaban J connectivity index is 1.74. The van der Waals surface area contributed by atoms with Crippen LogP contribution in [0.5, 0.6) is 11.5 Å². The summed E-state index contributed by atoms with van der Waals surface area (Å²) in [6.45, 7) is 2.04. The largest absolute Gasteiger partial charge is 0.497 e. The molecular formula is C18H20N4O4. The third-order valence-corrected chi connectivity index (χ3v) is 3.77. The molecule has 0 radical (unpaired) electrons. The van der Waals surface area contributed by atoms with Gasteiger partial charge >= 0.3 is 0 Å². The summed E-state index contributed by atoms with van der Waals surface area (Å²) in [5.74, 6) is 1.94. The van der Waals surface area contributed by atoms with Gasteiger partial charge in [-0.25, -0.2) is 0 Å². The van der Waals surface area contributed by atoms with Crippen molar-refractivity contribution in [2.45, 2.75) is 19.9 Å². The number of aromatic nitrogens is 3. The molecule has 1 N–H and O–H groups in total. The molecule has 0 aliphatic carbocycles. The number of nitrogens with one attached hydrogen (secondary N) is 1. The van der Waals surface area contributed by atoms with Crippen molar-refractivity contribution < 1.29 is 18.7 Å². The van der Waals surface area contributed by atoms with Gasteiger partial charge in [0.15, 0.2) is 0 Å². The number of amides is 1. The first-order valence-corrected chi connectivity index (χ1v) is 8.13. The average molecular weight is 356 g/mol. The minimum absolute atomic E-state index is 0.103. The molecular weight excluding hydrogens is 336 g/mol. The van der Waals surface area contributed by atoms with Crippen molar-refractivity contribution in [3.8, 4) is 23.1 Å². The molecule has 3 rings (SSSR count). The number of anilines is 1. The first kappa shape index (κ1) is 17.5. The normalized spacial score (nSPS) is 10.6.